The maximum atomic E-state index is 12.0. The van der Waals surface area contributed by atoms with Crippen molar-refractivity contribution >= 4 is 39.5 Å². The number of carbonyl (C=O) groups excluding carboxylic acids is 2. The minimum atomic E-state index is -0.907. The minimum absolute atomic E-state index is 0.303. The first-order valence-corrected chi connectivity index (χ1v) is 6.71. The number of rotatable bonds is 4. The third-order valence-corrected chi connectivity index (χ3v) is 3.15. The van der Waals surface area contributed by atoms with Gasteiger partial charge < -0.3 is 14.6 Å². The summed E-state index contributed by atoms with van der Waals surface area (Å²) in [6.07, 6.45) is 1.38. The van der Waals surface area contributed by atoms with E-state index in [1.165, 1.54) is 12.3 Å². The van der Waals surface area contributed by atoms with Crippen LogP contribution in [0.25, 0.3) is 11.1 Å². The van der Waals surface area contributed by atoms with Crippen LogP contribution in [0.1, 0.15) is 10.5 Å². The largest absolute Gasteiger partial charge is 0.542 e. The van der Waals surface area contributed by atoms with Crippen LogP contribution in [0.2, 0.25) is 5.02 Å². The zero-order valence-electron chi connectivity index (χ0n) is 11.8. The maximum absolute atomic E-state index is 12.0. The summed E-state index contributed by atoms with van der Waals surface area (Å²) in [7, 11) is 10.1. The van der Waals surface area contributed by atoms with E-state index >= 15 is 0 Å². The lowest BCUT2D eigenvalue weighted by Crippen LogP contribution is -2.34. The fourth-order valence-electron chi connectivity index (χ4n) is 1.83. The van der Waals surface area contributed by atoms with Crippen LogP contribution in [-0.2, 0) is 9.45 Å². The minimum Gasteiger partial charge on any atom is -0.542 e. The van der Waals surface area contributed by atoms with E-state index in [0.717, 1.165) is 5.56 Å². The molecule has 0 unspecified atom stereocenters. The molecule has 0 aliphatic heterocycles. The molecule has 0 fully saturated rings. The van der Waals surface area contributed by atoms with Crippen molar-refractivity contribution in [3.8, 4) is 16.9 Å². The van der Waals surface area contributed by atoms with Crippen LogP contribution in [0.3, 0.4) is 0 Å². The molecule has 0 saturated heterocycles. The van der Waals surface area contributed by atoms with Gasteiger partial charge in [-0.1, -0.05) is 23.7 Å². The fourth-order valence-corrected chi connectivity index (χ4v) is 2.02. The second-order valence-electron chi connectivity index (χ2n) is 4.52. The molecule has 0 spiro atoms. The number of nitrogens with zero attached hydrogens (tertiary/aromatic N) is 2. The van der Waals surface area contributed by atoms with Gasteiger partial charge in [-0.3, -0.25) is 9.59 Å². The average molecular weight is 326 g/mol. The van der Waals surface area contributed by atoms with Crippen molar-refractivity contribution in [2.75, 3.05) is 6.54 Å². The van der Waals surface area contributed by atoms with E-state index in [1.807, 2.05) is 0 Å². The van der Waals surface area contributed by atoms with Crippen molar-refractivity contribution < 1.29 is 19.3 Å². The molecule has 112 valence electrons. The summed E-state index contributed by atoms with van der Waals surface area (Å²) < 4.78 is 3.92. The second kappa shape index (κ2) is 7.19. The Morgan fingerprint density at radius 3 is 2.65 bits per heavy atom. The van der Waals surface area contributed by atoms with Crippen molar-refractivity contribution in [3.63, 3.8) is 0 Å². The molecule has 0 atom stereocenters. The molecular formula is C14H9B2ClN2O4. The molecule has 2 aromatic rings. The number of carbonyl (C=O) groups is 2. The van der Waals surface area contributed by atoms with Crippen molar-refractivity contribution in [2.24, 2.45) is 0 Å². The van der Waals surface area contributed by atoms with E-state index < -0.39 is 18.4 Å². The van der Waals surface area contributed by atoms with E-state index in [0.29, 0.717) is 15.4 Å². The van der Waals surface area contributed by atoms with Gasteiger partial charge in [0.15, 0.2) is 5.69 Å². The SMILES string of the molecule is [B]OC(=O)CN([B])C(=O)c1ncc(-c2cccc(Cl)c2)cc1O. The number of amides is 1. The first kappa shape index (κ1) is 16.9. The van der Waals surface area contributed by atoms with Crippen LogP contribution in [0, 0.1) is 0 Å². The highest BCUT2D eigenvalue weighted by atomic mass is 35.5. The van der Waals surface area contributed by atoms with Crippen molar-refractivity contribution in [2.45, 2.75) is 0 Å². The van der Waals surface area contributed by atoms with Gasteiger partial charge in [-0.2, -0.15) is 0 Å². The van der Waals surface area contributed by atoms with Crippen LogP contribution < -0.4 is 0 Å². The summed E-state index contributed by atoms with van der Waals surface area (Å²) in [5.41, 5.74) is 0.977. The summed E-state index contributed by atoms with van der Waals surface area (Å²) in [6, 6.07) is 8.26. The Kier molecular flexibility index (Phi) is 5.28. The first-order valence-electron chi connectivity index (χ1n) is 6.33. The van der Waals surface area contributed by atoms with Crippen LogP contribution in [-0.4, -0.2) is 49.4 Å². The van der Waals surface area contributed by atoms with Crippen molar-refractivity contribution in [1.29, 1.82) is 0 Å². The Bertz CT molecular complexity index is 757. The highest BCUT2D eigenvalue weighted by Gasteiger charge is 2.19. The molecule has 2 rings (SSSR count). The quantitative estimate of drug-likeness (QED) is 0.856. The predicted molar refractivity (Wildman–Crippen MR) is 85.0 cm³/mol. The van der Waals surface area contributed by atoms with Gasteiger partial charge in [-0.15, -0.1) is 0 Å². The number of aromatic hydroxyl groups is 1. The van der Waals surface area contributed by atoms with E-state index in [2.05, 4.69) is 17.7 Å². The summed E-state index contributed by atoms with van der Waals surface area (Å²) >= 11 is 5.91. The first-order chi connectivity index (χ1) is 10.9. The Balaban J connectivity index is 2.25. The molecule has 4 radical (unpaired) electrons. The predicted octanol–water partition coefficient (Wildman–Crippen LogP) is 1.26. The number of halogens is 1. The van der Waals surface area contributed by atoms with E-state index in [4.69, 9.17) is 19.6 Å². The molecule has 1 N–H and O–H groups in total. The van der Waals surface area contributed by atoms with Gasteiger partial charge in [-0.25, -0.2) is 4.98 Å². The lowest BCUT2D eigenvalue weighted by Gasteiger charge is -2.16. The Morgan fingerprint density at radius 1 is 1.30 bits per heavy atom. The third-order valence-electron chi connectivity index (χ3n) is 2.92. The highest BCUT2D eigenvalue weighted by molar-refractivity contribution is 6.30. The van der Waals surface area contributed by atoms with Gasteiger partial charge in [0.25, 0.3) is 5.91 Å². The number of hydrogen-bond donors (Lipinski definition) is 1. The smallest absolute Gasteiger partial charge is 0.378 e. The lowest BCUT2D eigenvalue weighted by molar-refractivity contribution is -0.133. The van der Waals surface area contributed by atoms with Crippen molar-refractivity contribution in [3.05, 3.63) is 47.2 Å². The monoisotopic (exact) mass is 326 g/mol. The van der Waals surface area contributed by atoms with Gasteiger partial charge in [0.2, 0.25) is 7.98 Å². The lowest BCUT2D eigenvalue weighted by atomic mass is 10.1. The van der Waals surface area contributed by atoms with Gasteiger partial charge in [-0.05, 0) is 23.8 Å². The highest BCUT2D eigenvalue weighted by Crippen LogP contribution is 2.27. The normalized spacial score (nSPS) is 10.1. The summed E-state index contributed by atoms with van der Waals surface area (Å²) in [4.78, 5) is 27.5. The molecule has 1 heterocycles. The molecule has 0 aliphatic carbocycles. The van der Waals surface area contributed by atoms with E-state index in [1.54, 1.807) is 24.3 Å². The Morgan fingerprint density at radius 2 is 2.04 bits per heavy atom. The second-order valence-corrected chi connectivity index (χ2v) is 4.96. The van der Waals surface area contributed by atoms with Gasteiger partial charge in [0.05, 0.1) is 0 Å². The van der Waals surface area contributed by atoms with E-state index in [9.17, 15) is 14.7 Å². The fraction of sp³-hybridized carbons (Fsp3) is 0.0714. The third kappa shape index (κ3) is 4.04. The number of aromatic nitrogens is 1. The Labute approximate surface area is 139 Å². The molecule has 9 heteroatoms. The average Bonchev–Trinajstić information content (AvgIpc) is 2.53. The van der Waals surface area contributed by atoms with Crippen LogP contribution >= 0.6 is 11.6 Å². The van der Waals surface area contributed by atoms with Crippen LogP contribution in [0.5, 0.6) is 5.75 Å². The van der Waals surface area contributed by atoms with Gasteiger partial charge in [0, 0.05) is 16.8 Å². The molecule has 0 bridgehead atoms. The zero-order chi connectivity index (χ0) is 17.0. The summed E-state index contributed by atoms with van der Waals surface area (Å²) in [5.74, 6) is -2.15. The summed E-state index contributed by atoms with van der Waals surface area (Å²) in [6.45, 7) is -0.577. The molecular weight excluding hydrogens is 317 g/mol. The summed E-state index contributed by atoms with van der Waals surface area (Å²) in [5, 5.41) is 10.5. The molecule has 23 heavy (non-hydrogen) atoms. The Hall–Kier alpha value is -2.47. The molecule has 0 aliphatic rings. The van der Waals surface area contributed by atoms with Crippen LogP contribution in [0.15, 0.2) is 36.5 Å². The standard InChI is InChI=1S/C14H9B2ClN2O4/c15-19(7-12(21)23-16)14(22)13-11(20)5-9(6-18-13)8-2-1-3-10(17)4-8/h1-6,20H,7H2. The number of hydrogen-bond acceptors (Lipinski definition) is 5. The molecule has 0 saturated carbocycles. The zero-order valence-corrected chi connectivity index (χ0v) is 12.5. The van der Waals surface area contributed by atoms with Gasteiger partial charge >= 0.3 is 14.0 Å². The van der Waals surface area contributed by atoms with Crippen molar-refractivity contribution in [1.82, 2.24) is 9.79 Å². The number of pyridine rings is 1. The maximum Gasteiger partial charge on any atom is 0.378 e. The van der Waals surface area contributed by atoms with E-state index in [-0.39, 0.29) is 11.4 Å². The van der Waals surface area contributed by atoms with Crippen LogP contribution in [0.4, 0.5) is 0 Å². The topological polar surface area (TPSA) is 79.7 Å². The molecule has 1 aromatic heterocycles. The van der Waals surface area contributed by atoms with Gasteiger partial charge in [0.1, 0.15) is 12.3 Å². The molecule has 6 nitrogen and oxygen atoms in total. The molecule has 1 amide bonds. The number of benzene rings is 1. The molecule has 1 aromatic carbocycles.